The second kappa shape index (κ2) is 8.62. The van der Waals surface area contributed by atoms with Gasteiger partial charge in [-0.25, -0.2) is 4.98 Å². The second-order valence-electron chi connectivity index (χ2n) is 6.42. The summed E-state index contributed by atoms with van der Waals surface area (Å²) in [5.74, 6) is 3.13. The quantitative estimate of drug-likeness (QED) is 0.498. The van der Waals surface area contributed by atoms with Gasteiger partial charge in [-0.15, -0.1) is 0 Å². The lowest BCUT2D eigenvalue weighted by molar-refractivity contribution is 0.324. The van der Waals surface area contributed by atoms with E-state index in [1.165, 1.54) is 0 Å². The summed E-state index contributed by atoms with van der Waals surface area (Å²) in [6.45, 7) is 0. The fourth-order valence-corrected chi connectivity index (χ4v) is 3.50. The maximum Gasteiger partial charge on any atom is 0.238 e. The zero-order valence-electron chi connectivity index (χ0n) is 16.7. The van der Waals surface area contributed by atoms with Crippen LogP contribution in [0.2, 0.25) is 0 Å². The molecular weight excluding hydrogens is 450 g/mol. The molecule has 0 unspecified atom stereocenters. The van der Waals surface area contributed by atoms with Crippen LogP contribution in [0.4, 0.5) is 11.6 Å². The lowest BCUT2D eigenvalue weighted by atomic mass is 10.1. The van der Waals surface area contributed by atoms with Crippen LogP contribution >= 0.6 is 15.9 Å². The number of fused-ring (bicyclic) bond motifs is 1. The number of nitrogens with one attached hydrogen (secondary N) is 1. The number of hydrogen-bond acceptors (Lipinski definition) is 7. The average Bonchev–Trinajstić information content (AvgIpc) is 3.25. The van der Waals surface area contributed by atoms with Crippen LogP contribution in [0.1, 0.15) is 11.1 Å². The highest BCUT2D eigenvalue weighted by molar-refractivity contribution is 9.10. The Labute approximate surface area is 182 Å². The van der Waals surface area contributed by atoms with Gasteiger partial charge in [0.1, 0.15) is 5.75 Å². The molecule has 154 valence electrons. The number of ether oxygens (including phenoxy) is 4. The number of allylic oxidation sites excluding steroid dienone is 1. The van der Waals surface area contributed by atoms with Gasteiger partial charge in [0.2, 0.25) is 17.6 Å². The Kier molecular flexibility index (Phi) is 5.76. The smallest absolute Gasteiger partial charge is 0.238 e. The first-order valence-electron chi connectivity index (χ1n) is 9.18. The number of aromatic nitrogens is 2. The van der Waals surface area contributed by atoms with Crippen LogP contribution in [0.15, 0.2) is 47.1 Å². The number of nitrogens with zero attached hydrogens (tertiary/aromatic N) is 2. The van der Waals surface area contributed by atoms with E-state index in [1.807, 2.05) is 12.1 Å². The Balaban J connectivity index is 1.62. The van der Waals surface area contributed by atoms with E-state index in [0.717, 1.165) is 23.3 Å². The van der Waals surface area contributed by atoms with Crippen molar-refractivity contribution in [3.63, 3.8) is 0 Å². The van der Waals surface area contributed by atoms with Gasteiger partial charge in [0.05, 0.1) is 32.0 Å². The third-order valence-corrected chi connectivity index (χ3v) is 5.17. The summed E-state index contributed by atoms with van der Waals surface area (Å²) in [7, 11) is 4.69. The van der Waals surface area contributed by atoms with Gasteiger partial charge < -0.3 is 24.3 Å². The molecule has 1 aliphatic rings. The lowest BCUT2D eigenvalue weighted by Gasteiger charge is -2.15. The predicted octanol–water partition coefficient (Wildman–Crippen LogP) is 5.37. The minimum atomic E-state index is 0.369. The highest BCUT2D eigenvalue weighted by Gasteiger charge is 2.16. The molecule has 1 heterocycles. The Hall–Kier alpha value is -3.26. The van der Waals surface area contributed by atoms with Crippen molar-refractivity contribution in [2.45, 2.75) is 6.42 Å². The van der Waals surface area contributed by atoms with Crippen molar-refractivity contribution in [1.82, 2.24) is 9.97 Å². The number of anilines is 2. The number of hydrogen-bond donors (Lipinski definition) is 1. The van der Waals surface area contributed by atoms with E-state index < -0.39 is 0 Å². The van der Waals surface area contributed by atoms with Crippen LogP contribution in [-0.2, 0) is 6.42 Å². The van der Waals surface area contributed by atoms with E-state index in [9.17, 15) is 0 Å². The molecule has 0 saturated carbocycles. The molecule has 0 spiro atoms. The first kappa shape index (κ1) is 20.0. The Morgan fingerprint density at radius 3 is 2.47 bits per heavy atom. The van der Waals surface area contributed by atoms with Crippen LogP contribution < -0.4 is 24.3 Å². The molecule has 0 radical (unpaired) electrons. The standard InChI is InChI=1S/C22H20BrN3O4/c1-27-18-10-14(11-19(28-2)20(18)29-3)25-22-24-12-16(23)21(26-22)30-17-9-5-7-13-6-4-8-15(13)17/h4-7,9-12H,8H2,1-3H3,(H,24,25,26). The highest BCUT2D eigenvalue weighted by atomic mass is 79.9. The number of rotatable bonds is 7. The van der Waals surface area contributed by atoms with Crippen LogP contribution in [0.3, 0.4) is 0 Å². The van der Waals surface area contributed by atoms with Crippen LogP contribution in [0.5, 0.6) is 28.9 Å². The number of halogens is 1. The molecule has 0 saturated heterocycles. The molecule has 8 heteroatoms. The lowest BCUT2D eigenvalue weighted by Crippen LogP contribution is -2.02. The summed E-state index contributed by atoms with van der Waals surface area (Å²) in [5, 5.41) is 3.16. The minimum Gasteiger partial charge on any atom is -0.493 e. The fourth-order valence-electron chi connectivity index (χ4n) is 3.23. The first-order valence-corrected chi connectivity index (χ1v) is 9.98. The molecule has 7 nitrogen and oxygen atoms in total. The van der Waals surface area contributed by atoms with Gasteiger partial charge in [0.25, 0.3) is 0 Å². The second-order valence-corrected chi connectivity index (χ2v) is 7.27. The molecule has 0 fully saturated rings. The molecule has 0 amide bonds. The van der Waals surface area contributed by atoms with Crippen molar-refractivity contribution in [3.8, 4) is 28.9 Å². The van der Waals surface area contributed by atoms with Gasteiger partial charge in [0, 0.05) is 23.4 Å². The Morgan fingerprint density at radius 1 is 1.00 bits per heavy atom. The maximum absolute atomic E-state index is 6.11. The van der Waals surface area contributed by atoms with Crippen molar-refractivity contribution in [2.24, 2.45) is 0 Å². The molecule has 4 rings (SSSR count). The van der Waals surface area contributed by atoms with E-state index in [2.05, 4.69) is 49.4 Å². The molecule has 0 aliphatic heterocycles. The van der Waals surface area contributed by atoms with Gasteiger partial charge in [0.15, 0.2) is 11.5 Å². The van der Waals surface area contributed by atoms with Crippen molar-refractivity contribution in [3.05, 3.63) is 58.2 Å². The maximum atomic E-state index is 6.11. The summed E-state index contributed by atoms with van der Waals surface area (Å²) >= 11 is 3.47. The van der Waals surface area contributed by atoms with Crippen molar-refractivity contribution in [2.75, 3.05) is 26.6 Å². The molecule has 3 aromatic rings. The van der Waals surface area contributed by atoms with Gasteiger partial charge in [-0.05, 0) is 34.0 Å². The molecule has 2 aromatic carbocycles. The summed E-state index contributed by atoms with van der Waals surface area (Å²) < 4.78 is 22.9. The van der Waals surface area contributed by atoms with Crippen molar-refractivity contribution < 1.29 is 18.9 Å². The topological polar surface area (TPSA) is 74.7 Å². The van der Waals surface area contributed by atoms with Crippen LogP contribution in [-0.4, -0.2) is 31.3 Å². The highest BCUT2D eigenvalue weighted by Crippen LogP contribution is 2.41. The van der Waals surface area contributed by atoms with Gasteiger partial charge in [-0.3, -0.25) is 0 Å². The van der Waals surface area contributed by atoms with Crippen molar-refractivity contribution >= 4 is 33.6 Å². The average molecular weight is 470 g/mol. The van der Waals surface area contributed by atoms with Gasteiger partial charge in [-0.2, -0.15) is 4.98 Å². The largest absolute Gasteiger partial charge is 0.493 e. The SMILES string of the molecule is COc1cc(Nc2ncc(Br)c(Oc3cccc4c3CC=C4)n2)cc(OC)c1OC. The monoisotopic (exact) mass is 469 g/mol. The molecule has 1 N–H and O–H groups in total. The predicted molar refractivity (Wildman–Crippen MR) is 118 cm³/mol. The third kappa shape index (κ3) is 3.91. The first-order chi connectivity index (χ1) is 14.6. The van der Waals surface area contributed by atoms with E-state index in [-0.39, 0.29) is 0 Å². The minimum absolute atomic E-state index is 0.369. The summed E-state index contributed by atoms with van der Waals surface area (Å²) in [5.41, 5.74) is 2.98. The van der Waals surface area contributed by atoms with Crippen LogP contribution in [0, 0.1) is 0 Å². The molecule has 1 aromatic heterocycles. The van der Waals surface area contributed by atoms with E-state index in [0.29, 0.717) is 39.2 Å². The molecular formula is C22H20BrN3O4. The fraction of sp³-hybridized carbons (Fsp3) is 0.182. The van der Waals surface area contributed by atoms with Crippen LogP contribution in [0.25, 0.3) is 6.08 Å². The summed E-state index contributed by atoms with van der Waals surface area (Å²) in [6.07, 6.45) is 6.69. The summed E-state index contributed by atoms with van der Waals surface area (Å²) in [6, 6.07) is 9.53. The molecule has 30 heavy (non-hydrogen) atoms. The zero-order chi connectivity index (χ0) is 21.1. The zero-order valence-corrected chi connectivity index (χ0v) is 18.3. The van der Waals surface area contributed by atoms with Gasteiger partial charge >= 0.3 is 0 Å². The Morgan fingerprint density at radius 2 is 1.77 bits per heavy atom. The van der Waals surface area contributed by atoms with E-state index in [4.69, 9.17) is 18.9 Å². The number of benzene rings is 2. The van der Waals surface area contributed by atoms with Crippen molar-refractivity contribution in [1.29, 1.82) is 0 Å². The van der Waals surface area contributed by atoms with E-state index >= 15 is 0 Å². The molecule has 0 bridgehead atoms. The third-order valence-electron chi connectivity index (χ3n) is 4.63. The normalized spacial score (nSPS) is 11.7. The molecule has 0 atom stereocenters. The molecule has 1 aliphatic carbocycles. The Bertz CT molecular complexity index is 1090. The summed E-state index contributed by atoms with van der Waals surface area (Å²) in [4.78, 5) is 8.84. The van der Waals surface area contributed by atoms with Gasteiger partial charge in [-0.1, -0.05) is 24.3 Å². The van der Waals surface area contributed by atoms with E-state index in [1.54, 1.807) is 39.7 Å². The number of methoxy groups -OCH3 is 3.